The summed E-state index contributed by atoms with van der Waals surface area (Å²) >= 11 is 0. The highest BCUT2D eigenvalue weighted by Gasteiger charge is 2.10. The van der Waals surface area contributed by atoms with E-state index in [2.05, 4.69) is 56.5 Å². The Morgan fingerprint density at radius 3 is 2.39 bits per heavy atom. The lowest BCUT2D eigenvalue weighted by Gasteiger charge is -2.17. The molecule has 1 amide bonds. The van der Waals surface area contributed by atoms with Gasteiger partial charge in [0.1, 0.15) is 0 Å². The van der Waals surface area contributed by atoms with Crippen molar-refractivity contribution >= 4 is 17.3 Å². The first-order valence-corrected chi connectivity index (χ1v) is 8.09. The maximum atomic E-state index is 12.2. The molecule has 0 aliphatic carbocycles. The van der Waals surface area contributed by atoms with Gasteiger partial charge in [-0.25, -0.2) is 0 Å². The molecule has 2 rings (SSSR count). The zero-order valence-corrected chi connectivity index (χ0v) is 14.7. The van der Waals surface area contributed by atoms with Crippen LogP contribution in [0.3, 0.4) is 0 Å². The molecule has 2 N–H and O–H groups in total. The van der Waals surface area contributed by atoms with Gasteiger partial charge in [-0.15, -0.1) is 0 Å². The quantitative estimate of drug-likeness (QED) is 0.834. The van der Waals surface area contributed by atoms with E-state index in [0.717, 1.165) is 16.9 Å². The van der Waals surface area contributed by atoms with Crippen LogP contribution < -0.4 is 10.6 Å². The summed E-state index contributed by atoms with van der Waals surface area (Å²) in [6.45, 7) is 10.8. The van der Waals surface area contributed by atoms with Crippen LogP contribution in [0, 0.1) is 20.8 Å². The summed E-state index contributed by atoms with van der Waals surface area (Å²) < 4.78 is 0. The molecular formula is C20H26N2O. The number of aryl methyl sites for hydroxylation is 3. The molecule has 23 heavy (non-hydrogen) atoms. The largest absolute Gasteiger partial charge is 0.376 e. The van der Waals surface area contributed by atoms with Gasteiger partial charge < -0.3 is 10.6 Å². The number of carbonyl (C=O) groups is 1. The molecule has 0 aliphatic rings. The van der Waals surface area contributed by atoms with Gasteiger partial charge in [0.2, 0.25) is 5.91 Å². The van der Waals surface area contributed by atoms with Gasteiger partial charge >= 0.3 is 0 Å². The van der Waals surface area contributed by atoms with Crippen molar-refractivity contribution in [2.75, 3.05) is 17.2 Å². The third-order valence-corrected chi connectivity index (χ3v) is 4.14. The fourth-order valence-corrected chi connectivity index (χ4v) is 2.61. The van der Waals surface area contributed by atoms with Crippen LogP contribution >= 0.6 is 0 Å². The number of amides is 1. The lowest BCUT2D eigenvalue weighted by molar-refractivity contribution is -0.114. The van der Waals surface area contributed by atoms with Gasteiger partial charge in [0.25, 0.3) is 0 Å². The van der Waals surface area contributed by atoms with Gasteiger partial charge in [0, 0.05) is 11.4 Å². The van der Waals surface area contributed by atoms with Crippen molar-refractivity contribution in [3.05, 3.63) is 58.7 Å². The first-order chi connectivity index (χ1) is 10.9. The molecule has 0 saturated carbocycles. The molecule has 122 valence electrons. The normalized spacial score (nSPS) is 10.7. The first-order valence-electron chi connectivity index (χ1n) is 8.09. The van der Waals surface area contributed by atoms with Crippen molar-refractivity contribution in [3.8, 4) is 0 Å². The lowest BCUT2D eigenvalue weighted by Crippen LogP contribution is -2.22. The molecule has 0 bridgehead atoms. The third kappa shape index (κ3) is 4.35. The maximum Gasteiger partial charge on any atom is 0.243 e. The molecule has 0 fully saturated rings. The van der Waals surface area contributed by atoms with Crippen LogP contribution in [-0.2, 0) is 4.79 Å². The van der Waals surface area contributed by atoms with Gasteiger partial charge in [0.15, 0.2) is 0 Å². The molecule has 0 heterocycles. The zero-order valence-electron chi connectivity index (χ0n) is 14.7. The minimum Gasteiger partial charge on any atom is -0.376 e. The minimum atomic E-state index is -0.0359. The second kappa shape index (κ2) is 7.32. The Balaban J connectivity index is 2.03. The Bertz CT molecular complexity index is 705. The van der Waals surface area contributed by atoms with Gasteiger partial charge in [-0.1, -0.05) is 38.1 Å². The topological polar surface area (TPSA) is 41.1 Å². The smallest absolute Gasteiger partial charge is 0.243 e. The fraction of sp³-hybridized carbons (Fsp3) is 0.350. The third-order valence-electron chi connectivity index (χ3n) is 4.14. The number of hydrogen-bond acceptors (Lipinski definition) is 2. The van der Waals surface area contributed by atoms with Gasteiger partial charge in [-0.3, -0.25) is 4.79 Å². The van der Waals surface area contributed by atoms with Crippen LogP contribution in [0.4, 0.5) is 11.4 Å². The SMILES string of the molecule is Cc1ccc(NC(=O)CNc2c(C)cccc2C(C)C)cc1C. The van der Waals surface area contributed by atoms with Crippen molar-refractivity contribution in [1.29, 1.82) is 0 Å². The Kier molecular flexibility index (Phi) is 5.43. The number of benzene rings is 2. The van der Waals surface area contributed by atoms with Crippen molar-refractivity contribution in [2.24, 2.45) is 0 Å². The van der Waals surface area contributed by atoms with Crippen molar-refractivity contribution in [1.82, 2.24) is 0 Å². The van der Waals surface area contributed by atoms with Crippen LogP contribution in [0.1, 0.15) is 42.0 Å². The summed E-state index contributed by atoms with van der Waals surface area (Å²) in [5, 5.41) is 6.24. The maximum absolute atomic E-state index is 12.2. The van der Waals surface area contributed by atoms with Crippen molar-refractivity contribution < 1.29 is 4.79 Å². The molecule has 0 aliphatic heterocycles. The number of hydrogen-bond donors (Lipinski definition) is 2. The first kappa shape index (κ1) is 17.1. The summed E-state index contributed by atoms with van der Waals surface area (Å²) in [4.78, 5) is 12.2. The Morgan fingerprint density at radius 2 is 1.74 bits per heavy atom. The van der Waals surface area contributed by atoms with E-state index in [1.54, 1.807) is 0 Å². The molecular weight excluding hydrogens is 284 g/mol. The highest BCUT2D eigenvalue weighted by Crippen LogP contribution is 2.27. The van der Waals surface area contributed by atoms with E-state index >= 15 is 0 Å². The van der Waals surface area contributed by atoms with E-state index in [4.69, 9.17) is 0 Å². The molecule has 0 unspecified atom stereocenters. The standard InChI is InChI=1S/C20H26N2O/c1-13(2)18-8-6-7-15(4)20(18)21-12-19(23)22-17-10-9-14(3)16(5)11-17/h6-11,13,21H,12H2,1-5H3,(H,22,23). The Morgan fingerprint density at radius 1 is 1.00 bits per heavy atom. The number of anilines is 2. The van der Waals surface area contributed by atoms with E-state index < -0.39 is 0 Å². The van der Waals surface area contributed by atoms with Gasteiger partial charge in [-0.2, -0.15) is 0 Å². The van der Waals surface area contributed by atoms with E-state index in [1.807, 2.05) is 25.1 Å². The monoisotopic (exact) mass is 310 g/mol. The highest BCUT2D eigenvalue weighted by atomic mass is 16.1. The predicted octanol–water partition coefficient (Wildman–Crippen LogP) is 4.79. The molecule has 0 aromatic heterocycles. The summed E-state index contributed by atoms with van der Waals surface area (Å²) in [6.07, 6.45) is 0. The molecule has 0 saturated heterocycles. The van der Waals surface area contributed by atoms with Crippen LogP contribution in [-0.4, -0.2) is 12.5 Å². The second-order valence-electron chi connectivity index (χ2n) is 6.39. The number of rotatable bonds is 5. The van der Waals surface area contributed by atoms with Crippen LogP contribution in [0.15, 0.2) is 36.4 Å². The highest BCUT2D eigenvalue weighted by molar-refractivity contribution is 5.94. The number of nitrogens with one attached hydrogen (secondary N) is 2. The van der Waals surface area contributed by atoms with Gasteiger partial charge in [0.05, 0.1) is 6.54 Å². The summed E-state index contributed by atoms with van der Waals surface area (Å²) in [6, 6.07) is 12.2. The number of carbonyl (C=O) groups excluding carboxylic acids is 1. The van der Waals surface area contributed by atoms with E-state index in [-0.39, 0.29) is 12.5 Å². The van der Waals surface area contributed by atoms with Crippen molar-refractivity contribution in [3.63, 3.8) is 0 Å². The van der Waals surface area contributed by atoms with E-state index in [1.165, 1.54) is 16.7 Å². The Labute approximate surface area is 139 Å². The molecule has 0 radical (unpaired) electrons. The molecule has 2 aromatic rings. The lowest BCUT2D eigenvalue weighted by atomic mass is 9.98. The summed E-state index contributed by atoms with van der Waals surface area (Å²) in [5.74, 6) is 0.381. The molecule has 0 atom stereocenters. The van der Waals surface area contributed by atoms with Crippen LogP contribution in [0.2, 0.25) is 0 Å². The van der Waals surface area contributed by atoms with Crippen LogP contribution in [0.25, 0.3) is 0 Å². The molecule has 3 nitrogen and oxygen atoms in total. The van der Waals surface area contributed by atoms with Gasteiger partial charge in [-0.05, 0) is 61.1 Å². The predicted molar refractivity (Wildman–Crippen MR) is 98.3 cm³/mol. The molecule has 3 heteroatoms. The molecule has 2 aromatic carbocycles. The second-order valence-corrected chi connectivity index (χ2v) is 6.39. The number of para-hydroxylation sites is 1. The zero-order chi connectivity index (χ0) is 17.0. The summed E-state index contributed by atoms with van der Waals surface area (Å²) in [7, 11) is 0. The Hall–Kier alpha value is -2.29. The average molecular weight is 310 g/mol. The fourth-order valence-electron chi connectivity index (χ4n) is 2.61. The van der Waals surface area contributed by atoms with E-state index in [9.17, 15) is 4.79 Å². The van der Waals surface area contributed by atoms with Crippen LogP contribution in [0.5, 0.6) is 0 Å². The van der Waals surface area contributed by atoms with Crippen molar-refractivity contribution in [2.45, 2.75) is 40.5 Å². The van der Waals surface area contributed by atoms with E-state index in [0.29, 0.717) is 5.92 Å². The molecule has 0 spiro atoms. The minimum absolute atomic E-state index is 0.0359. The summed E-state index contributed by atoms with van der Waals surface area (Å²) in [5.41, 5.74) is 6.71. The average Bonchev–Trinajstić information content (AvgIpc) is 2.49.